The second kappa shape index (κ2) is 7.40. The highest BCUT2D eigenvalue weighted by Crippen LogP contribution is 2.29. The van der Waals surface area contributed by atoms with Crippen molar-refractivity contribution in [2.75, 3.05) is 7.11 Å². The number of carbonyl (C=O) groups excluding carboxylic acids is 2. The molecule has 0 aromatic heterocycles. The second-order valence-electron chi connectivity index (χ2n) is 5.29. The van der Waals surface area contributed by atoms with Crippen LogP contribution in [-0.2, 0) is 11.4 Å². The van der Waals surface area contributed by atoms with Gasteiger partial charge in [-0.1, -0.05) is 34.1 Å². The number of rotatable bonds is 5. The molecule has 0 bridgehead atoms. The maximum atomic E-state index is 11.6. The summed E-state index contributed by atoms with van der Waals surface area (Å²) in [5, 5.41) is 4.59. The Morgan fingerprint density at radius 2 is 1.80 bits per heavy atom. The van der Waals surface area contributed by atoms with Gasteiger partial charge in [-0.2, -0.15) is 0 Å². The number of carbonyl (C=O) groups is 2. The Kier molecular flexibility index (Phi) is 5.04. The number of halogens is 1. The summed E-state index contributed by atoms with van der Waals surface area (Å²) in [6.07, 6.45) is 1.57. The molecule has 2 N–H and O–H groups in total. The summed E-state index contributed by atoms with van der Waals surface area (Å²) < 4.78 is 12.2. The van der Waals surface area contributed by atoms with Gasteiger partial charge < -0.3 is 14.8 Å². The first-order valence-electron chi connectivity index (χ1n) is 7.44. The van der Waals surface area contributed by atoms with Gasteiger partial charge in [0.15, 0.2) is 11.5 Å². The molecule has 0 radical (unpaired) electrons. The van der Waals surface area contributed by atoms with Crippen molar-refractivity contribution in [3.8, 4) is 11.5 Å². The normalized spacial score (nSPS) is 15.0. The van der Waals surface area contributed by atoms with E-state index in [-0.39, 0.29) is 5.70 Å². The van der Waals surface area contributed by atoms with E-state index in [2.05, 4.69) is 26.6 Å². The molecular weight excluding hydrogens is 388 g/mol. The summed E-state index contributed by atoms with van der Waals surface area (Å²) in [5.74, 6) is 0.670. The number of hydrogen-bond donors (Lipinski definition) is 2. The molecule has 0 aliphatic carbocycles. The summed E-state index contributed by atoms with van der Waals surface area (Å²) in [5.41, 5.74) is 1.93. The van der Waals surface area contributed by atoms with Gasteiger partial charge in [0.25, 0.3) is 5.91 Å². The third-order valence-corrected chi connectivity index (χ3v) is 4.05. The van der Waals surface area contributed by atoms with Gasteiger partial charge in [-0.25, -0.2) is 4.79 Å². The van der Waals surface area contributed by atoms with Crippen molar-refractivity contribution in [2.45, 2.75) is 6.61 Å². The molecule has 3 amide bonds. The Labute approximate surface area is 153 Å². The van der Waals surface area contributed by atoms with Crippen molar-refractivity contribution in [1.82, 2.24) is 10.6 Å². The second-order valence-corrected chi connectivity index (χ2v) is 6.21. The van der Waals surface area contributed by atoms with Gasteiger partial charge in [0.1, 0.15) is 12.3 Å². The summed E-state index contributed by atoms with van der Waals surface area (Å²) in [4.78, 5) is 22.7. The van der Waals surface area contributed by atoms with Gasteiger partial charge in [-0.05, 0) is 41.5 Å². The molecule has 0 unspecified atom stereocenters. The smallest absolute Gasteiger partial charge is 0.326 e. The van der Waals surface area contributed by atoms with E-state index in [1.54, 1.807) is 31.4 Å². The number of hydrogen-bond acceptors (Lipinski definition) is 4. The Balaban J connectivity index is 1.75. The fraction of sp³-hybridized carbons (Fsp3) is 0.111. The Bertz CT molecular complexity index is 847. The molecule has 1 saturated heterocycles. The third-order valence-electron chi connectivity index (χ3n) is 3.53. The van der Waals surface area contributed by atoms with Gasteiger partial charge >= 0.3 is 6.03 Å². The van der Waals surface area contributed by atoms with Gasteiger partial charge in [-0.15, -0.1) is 0 Å². The predicted octanol–water partition coefficient (Wildman–Crippen LogP) is 3.22. The van der Waals surface area contributed by atoms with Gasteiger partial charge in [-0.3, -0.25) is 10.1 Å². The van der Waals surface area contributed by atoms with Gasteiger partial charge in [0.05, 0.1) is 7.11 Å². The van der Waals surface area contributed by atoms with Crippen molar-refractivity contribution in [3.05, 3.63) is 63.8 Å². The zero-order valence-electron chi connectivity index (χ0n) is 13.3. The fourth-order valence-corrected chi connectivity index (χ4v) is 2.55. The molecular formula is C18H15BrN2O4. The van der Waals surface area contributed by atoms with E-state index in [4.69, 9.17) is 9.47 Å². The quantitative estimate of drug-likeness (QED) is 0.594. The molecule has 6 nitrogen and oxygen atoms in total. The third kappa shape index (κ3) is 4.19. The van der Waals surface area contributed by atoms with Crippen molar-refractivity contribution >= 4 is 33.9 Å². The van der Waals surface area contributed by atoms with E-state index < -0.39 is 11.9 Å². The standard InChI is InChI=1S/C18H15BrN2O4/c1-24-16-9-12(8-14-17(22)21-18(23)20-14)4-7-15(16)25-10-11-2-5-13(19)6-3-11/h2-9H,10H2,1H3,(H2,20,21,22,23)/b14-8+. The number of nitrogens with one attached hydrogen (secondary N) is 2. The van der Waals surface area contributed by atoms with Crippen LogP contribution in [0.4, 0.5) is 4.79 Å². The molecule has 1 heterocycles. The number of methoxy groups -OCH3 is 1. The summed E-state index contributed by atoms with van der Waals surface area (Å²) >= 11 is 3.40. The van der Waals surface area contributed by atoms with Gasteiger partial charge in [0.2, 0.25) is 0 Å². The summed E-state index contributed by atoms with van der Waals surface area (Å²) in [6.45, 7) is 0.405. The van der Waals surface area contributed by atoms with E-state index >= 15 is 0 Å². The monoisotopic (exact) mass is 402 g/mol. The van der Waals surface area contributed by atoms with Crippen molar-refractivity contribution in [3.63, 3.8) is 0 Å². The lowest BCUT2D eigenvalue weighted by Crippen LogP contribution is -2.22. The van der Waals surface area contributed by atoms with Crippen molar-refractivity contribution in [1.29, 1.82) is 0 Å². The predicted molar refractivity (Wildman–Crippen MR) is 96.1 cm³/mol. The van der Waals surface area contributed by atoms with Crippen molar-refractivity contribution in [2.24, 2.45) is 0 Å². The van der Waals surface area contributed by atoms with E-state index in [0.29, 0.717) is 23.7 Å². The minimum absolute atomic E-state index is 0.190. The lowest BCUT2D eigenvalue weighted by atomic mass is 10.1. The molecule has 1 aliphatic heterocycles. The number of ether oxygens (including phenoxy) is 2. The maximum Gasteiger partial charge on any atom is 0.326 e. The first-order valence-corrected chi connectivity index (χ1v) is 8.24. The fourth-order valence-electron chi connectivity index (χ4n) is 2.28. The Morgan fingerprint density at radius 1 is 1.04 bits per heavy atom. The zero-order valence-corrected chi connectivity index (χ0v) is 14.9. The van der Waals surface area contributed by atoms with Crippen LogP contribution < -0.4 is 20.1 Å². The molecule has 0 spiro atoms. The Hall–Kier alpha value is -2.80. The topological polar surface area (TPSA) is 76.7 Å². The van der Waals surface area contributed by atoms with Crippen molar-refractivity contribution < 1.29 is 19.1 Å². The molecule has 7 heteroatoms. The van der Waals surface area contributed by atoms with Crippen LogP contribution in [0.2, 0.25) is 0 Å². The average molecular weight is 403 g/mol. The van der Waals surface area contributed by atoms with Gasteiger partial charge in [0, 0.05) is 4.47 Å². The highest BCUT2D eigenvalue weighted by molar-refractivity contribution is 9.10. The molecule has 25 heavy (non-hydrogen) atoms. The largest absolute Gasteiger partial charge is 0.493 e. The summed E-state index contributed by atoms with van der Waals surface area (Å²) in [7, 11) is 1.54. The minimum atomic E-state index is -0.530. The van der Waals surface area contributed by atoms with Crippen LogP contribution in [0.25, 0.3) is 6.08 Å². The molecule has 1 aliphatic rings. The van der Waals surface area contributed by atoms with Crippen LogP contribution >= 0.6 is 15.9 Å². The summed E-state index contributed by atoms with van der Waals surface area (Å²) in [6, 6.07) is 12.6. The SMILES string of the molecule is COc1cc(/C=C2/NC(=O)NC2=O)ccc1OCc1ccc(Br)cc1. The maximum absolute atomic E-state index is 11.6. The number of amides is 3. The molecule has 3 rings (SSSR count). The highest BCUT2D eigenvalue weighted by atomic mass is 79.9. The lowest BCUT2D eigenvalue weighted by Gasteiger charge is -2.11. The molecule has 2 aromatic rings. The van der Waals surface area contributed by atoms with Crippen LogP contribution in [0.15, 0.2) is 52.6 Å². The van der Waals surface area contributed by atoms with E-state index in [1.165, 1.54) is 0 Å². The van der Waals surface area contributed by atoms with Crippen LogP contribution in [-0.4, -0.2) is 19.0 Å². The van der Waals surface area contributed by atoms with Crippen LogP contribution in [0.5, 0.6) is 11.5 Å². The lowest BCUT2D eigenvalue weighted by molar-refractivity contribution is -0.115. The molecule has 1 fully saturated rings. The average Bonchev–Trinajstić information content (AvgIpc) is 2.92. The van der Waals surface area contributed by atoms with E-state index in [9.17, 15) is 9.59 Å². The Morgan fingerprint density at radius 3 is 2.44 bits per heavy atom. The number of urea groups is 1. The first kappa shape index (κ1) is 17.0. The molecule has 2 aromatic carbocycles. The molecule has 0 saturated carbocycles. The number of imide groups is 1. The van der Waals surface area contributed by atoms with E-state index in [0.717, 1.165) is 10.0 Å². The first-order chi connectivity index (χ1) is 12.0. The molecule has 128 valence electrons. The molecule has 0 atom stereocenters. The van der Waals surface area contributed by atoms with E-state index in [1.807, 2.05) is 24.3 Å². The minimum Gasteiger partial charge on any atom is -0.493 e. The van der Waals surface area contributed by atoms with Crippen LogP contribution in [0, 0.1) is 0 Å². The van der Waals surface area contributed by atoms with Crippen LogP contribution in [0.1, 0.15) is 11.1 Å². The van der Waals surface area contributed by atoms with Crippen LogP contribution in [0.3, 0.4) is 0 Å². The highest BCUT2D eigenvalue weighted by Gasteiger charge is 2.22. The number of benzene rings is 2. The zero-order chi connectivity index (χ0) is 17.8.